The Bertz CT molecular complexity index is 417. The lowest BCUT2D eigenvalue weighted by Crippen LogP contribution is -2.29. The Hall–Kier alpha value is -0.880. The van der Waals surface area contributed by atoms with E-state index < -0.39 is 40.7 Å². The highest BCUT2D eigenvalue weighted by Crippen LogP contribution is 2.31. The molecule has 0 spiro atoms. The van der Waals surface area contributed by atoms with Gasteiger partial charge in [0.1, 0.15) is 0 Å². The monoisotopic (exact) mass is 287 g/mol. The number of nitrogens with one attached hydrogen (secondary N) is 1. The highest BCUT2D eigenvalue weighted by Gasteiger charge is 2.30. The maximum Gasteiger partial charge on any atom is 0.200 e. The predicted octanol–water partition coefficient (Wildman–Crippen LogP) is 3.62. The van der Waals surface area contributed by atoms with Crippen molar-refractivity contribution in [1.82, 2.24) is 5.32 Å². The lowest BCUT2D eigenvalue weighted by atomic mass is 9.96. The molecule has 1 N–H and O–H groups in total. The largest absolute Gasteiger partial charge is 0.310 e. The van der Waals surface area contributed by atoms with Gasteiger partial charge < -0.3 is 5.32 Å². The third-order valence-corrected chi connectivity index (χ3v) is 2.90. The van der Waals surface area contributed by atoms with Crippen LogP contribution in [0.1, 0.15) is 30.9 Å². The van der Waals surface area contributed by atoms with Crippen molar-refractivity contribution in [2.24, 2.45) is 0 Å². The highest BCUT2D eigenvalue weighted by atomic mass is 35.5. The summed E-state index contributed by atoms with van der Waals surface area (Å²) >= 11 is 0. The van der Waals surface area contributed by atoms with E-state index in [0.29, 0.717) is 19.4 Å². The van der Waals surface area contributed by atoms with E-state index in [9.17, 15) is 22.0 Å². The molecule has 1 saturated heterocycles. The summed E-state index contributed by atoms with van der Waals surface area (Å²) in [7, 11) is 0. The molecule has 1 atom stereocenters. The van der Waals surface area contributed by atoms with Crippen LogP contribution in [-0.4, -0.2) is 6.54 Å². The van der Waals surface area contributed by atoms with Crippen molar-refractivity contribution in [3.63, 3.8) is 0 Å². The second-order valence-corrected chi connectivity index (χ2v) is 3.99. The molecule has 18 heavy (non-hydrogen) atoms. The number of rotatable bonds is 1. The summed E-state index contributed by atoms with van der Waals surface area (Å²) in [5.41, 5.74) is -0.749. The third kappa shape index (κ3) is 2.44. The number of piperidine rings is 1. The van der Waals surface area contributed by atoms with Crippen LogP contribution in [0.25, 0.3) is 0 Å². The fraction of sp³-hybridized carbons (Fsp3) is 0.455. The molecule has 1 aromatic rings. The van der Waals surface area contributed by atoms with Crippen molar-refractivity contribution in [3.8, 4) is 0 Å². The van der Waals surface area contributed by atoms with Gasteiger partial charge in [-0.1, -0.05) is 6.42 Å². The van der Waals surface area contributed by atoms with Crippen LogP contribution in [0.15, 0.2) is 0 Å². The quantitative estimate of drug-likeness (QED) is 0.473. The van der Waals surface area contributed by atoms with Crippen molar-refractivity contribution in [1.29, 1.82) is 0 Å². The Labute approximate surface area is 107 Å². The van der Waals surface area contributed by atoms with Crippen LogP contribution in [-0.2, 0) is 0 Å². The first kappa shape index (κ1) is 15.2. The summed E-state index contributed by atoms with van der Waals surface area (Å²) in [5.74, 6) is -9.35. The molecule has 1 aromatic carbocycles. The zero-order valence-electron chi connectivity index (χ0n) is 9.20. The van der Waals surface area contributed by atoms with Crippen LogP contribution in [0, 0.1) is 29.1 Å². The van der Waals surface area contributed by atoms with Crippen molar-refractivity contribution < 1.29 is 22.0 Å². The Kier molecular flexibility index (Phi) is 4.92. The van der Waals surface area contributed by atoms with E-state index >= 15 is 0 Å². The zero-order valence-corrected chi connectivity index (χ0v) is 10.0. The predicted molar refractivity (Wildman–Crippen MR) is 58.1 cm³/mol. The molecule has 0 bridgehead atoms. The van der Waals surface area contributed by atoms with E-state index in [-0.39, 0.29) is 12.4 Å². The molecule has 0 saturated carbocycles. The van der Waals surface area contributed by atoms with Crippen LogP contribution in [0.5, 0.6) is 0 Å². The summed E-state index contributed by atoms with van der Waals surface area (Å²) in [5, 5.41) is 2.76. The molecule has 0 aromatic heterocycles. The molecular formula is C11H11ClF5N. The fourth-order valence-electron chi connectivity index (χ4n) is 2.03. The average molecular weight is 288 g/mol. The Morgan fingerprint density at radius 3 is 1.72 bits per heavy atom. The molecule has 1 nitrogen and oxygen atoms in total. The minimum absolute atomic E-state index is 0. The molecule has 0 radical (unpaired) electrons. The molecule has 102 valence electrons. The van der Waals surface area contributed by atoms with Gasteiger partial charge in [-0.15, -0.1) is 12.4 Å². The maximum atomic E-state index is 13.4. The topological polar surface area (TPSA) is 12.0 Å². The summed E-state index contributed by atoms with van der Waals surface area (Å²) in [6.07, 6.45) is 1.88. The van der Waals surface area contributed by atoms with Gasteiger partial charge in [0.2, 0.25) is 5.82 Å². The summed E-state index contributed by atoms with van der Waals surface area (Å²) in [4.78, 5) is 0. The van der Waals surface area contributed by atoms with Crippen LogP contribution >= 0.6 is 12.4 Å². The summed E-state index contributed by atoms with van der Waals surface area (Å²) in [6, 6.07) is -0.812. The van der Waals surface area contributed by atoms with Gasteiger partial charge in [-0.2, -0.15) is 0 Å². The molecule has 0 aliphatic carbocycles. The number of halogens is 6. The van der Waals surface area contributed by atoms with E-state index in [4.69, 9.17) is 0 Å². The van der Waals surface area contributed by atoms with Crippen molar-refractivity contribution in [2.75, 3.05) is 6.54 Å². The lowest BCUT2D eigenvalue weighted by Gasteiger charge is -2.24. The van der Waals surface area contributed by atoms with Gasteiger partial charge in [-0.05, 0) is 19.4 Å². The van der Waals surface area contributed by atoms with E-state index in [1.165, 1.54) is 0 Å². The summed E-state index contributed by atoms with van der Waals surface area (Å²) in [6.45, 7) is 0.504. The first-order valence-electron chi connectivity index (χ1n) is 5.28. The minimum atomic E-state index is -2.11. The molecule has 1 fully saturated rings. The van der Waals surface area contributed by atoms with E-state index in [2.05, 4.69) is 5.32 Å². The fourth-order valence-corrected chi connectivity index (χ4v) is 2.03. The maximum absolute atomic E-state index is 13.4. The average Bonchev–Trinajstić information content (AvgIpc) is 2.36. The molecule has 1 heterocycles. The van der Waals surface area contributed by atoms with Gasteiger partial charge in [0.15, 0.2) is 23.3 Å². The molecule has 1 aliphatic heterocycles. The van der Waals surface area contributed by atoms with Crippen LogP contribution in [0.4, 0.5) is 22.0 Å². The lowest BCUT2D eigenvalue weighted by molar-refractivity contribution is 0.336. The standard InChI is InChI=1S/C11H10F5N.ClH/c12-7-6(5-3-1-2-4-17-5)8(13)10(15)11(16)9(7)14;/h5,17H,1-4H2;1H/t5-;/m0./s1. The molecular weight excluding hydrogens is 277 g/mol. The highest BCUT2D eigenvalue weighted by molar-refractivity contribution is 5.85. The number of hydrogen-bond acceptors (Lipinski definition) is 1. The Morgan fingerprint density at radius 1 is 0.778 bits per heavy atom. The van der Waals surface area contributed by atoms with Crippen LogP contribution in [0.3, 0.4) is 0 Å². The molecule has 1 aliphatic rings. The van der Waals surface area contributed by atoms with Crippen LogP contribution in [0.2, 0.25) is 0 Å². The Balaban J connectivity index is 0.00000162. The SMILES string of the molecule is Cl.Fc1c(F)c(F)c([C@@H]2CCCCN2)c(F)c1F. The normalized spacial score (nSPS) is 19.5. The first-order chi connectivity index (χ1) is 8.04. The van der Waals surface area contributed by atoms with Gasteiger partial charge in [-0.3, -0.25) is 0 Å². The van der Waals surface area contributed by atoms with Crippen molar-refractivity contribution in [3.05, 3.63) is 34.6 Å². The van der Waals surface area contributed by atoms with Crippen molar-refractivity contribution in [2.45, 2.75) is 25.3 Å². The van der Waals surface area contributed by atoms with E-state index in [0.717, 1.165) is 6.42 Å². The zero-order chi connectivity index (χ0) is 12.6. The van der Waals surface area contributed by atoms with Gasteiger partial charge in [0.05, 0.1) is 0 Å². The molecule has 7 heteroatoms. The molecule has 2 rings (SSSR count). The van der Waals surface area contributed by atoms with Gasteiger partial charge in [-0.25, -0.2) is 22.0 Å². The minimum Gasteiger partial charge on any atom is -0.310 e. The number of hydrogen-bond donors (Lipinski definition) is 1. The third-order valence-electron chi connectivity index (χ3n) is 2.90. The first-order valence-corrected chi connectivity index (χ1v) is 5.28. The second-order valence-electron chi connectivity index (χ2n) is 3.99. The van der Waals surface area contributed by atoms with Gasteiger partial charge in [0, 0.05) is 11.6 Å². The van der Waals surface area contributed by atoms with Crippen molar-refractivity contribution >= 4 is 12.4 Å². The summed E-state index contributed by atoms with van der Waals surface area (Å²) < 4.78 is 65.6. The van der Waals surface area contributed by atoms with E-state index in [1.807, 2.05) is 0 Å². The van der Waals surface area contributed by atoms with Gasteiger partial charge in [0.25, 0.3) is 0 Å². The van der Waals surface area contributed by atoms with Gasteiger partial charge >= 0.3 is 0 Å². The van der Waals surface area contributed by atoms with E-state index in [1.54, 1.807) is 0 Å². The Morgan fingerprint density at radius 2 is 1.28 bits per heavy atom. The second kappa shape index (κ2) is 5.84. The molecule has 0 unspecified atom stereocenters. The number of benzene rings is 1. The van der Waals surface area contributed by atoms with Crippen LogP contribution < -0.4 is 5.32 Å². The smallest absolute Gasteiger partial charge is 0.200 e. The molecule has 0 amide bonds.